The van der Waals surface area contributed by atoms with Crippen LogP contribution >= 0.6 is 11.6 Å². The highest BCUT2D eigenvalue weighted by Gasteiger charge is 2.53. The first-order chi connectivity index (χ1) is 9.55. The van der Waals surface area contributed by atoms with Crippen molar-refractivity contribution >= 4 is 23.4 Å². The van der Waals surface area contributed by atoms with Crippen molar-refractivity contribution in [2.75, 3.05) is 6.54 Å². The van der Waals surface area contributed by atoms with E-state index in [0.29, 0.717) is 13.0 Å². The van der Waals surface area contributed by atoms with Crippen molar-refractivity contribution in [3.8, 4) is 0 Å². The highest BCUT2D eigenvalue weighted by molar-refractivity contribution is 6.25. The van der Waals surface area contributed by atoms with Gasteiger partial charge in [0, 0.05) is 12.1 Å². The van der Waals surface area contributed by atoms with Crippen molar-refractivity contribution in [1.82, 2.24) is 10.2 Å². The van der Waals surface area contributed by atoms with Crippen LogP contribution in [0.25, 0.3) is 0 Å². The van der Waals surface area contributed by atoms with Gasteiger partial charge in [0.2, 0.25) is 11.8 Å². The van der Waals surface area contributed by atoms with Crippen molar-refractivity contribution in [2.24, 2.45) is 0 Å². The molecule has 1 saturated heterocycles. The molecule has 1 N–H and O–H groups in total. The Hall–Kier alpha value is -1.03. The molecule has 1 aliphatic heterocycles. The fourth-order valence-electron chi connectivity index (χ4n) is 3.33. The van der Waals surface area contributed by atoms with E-state index in [1.54, 1.807) is 4.90 Å². The second kappa shape index (κ2) is 6.17. The van der Waals surface area contributed by atoms with Crippen molar-refractivity contribution in [3.05, 3.63) is 11.1 Å². The summed E-state index contributed by atoms with van der Waals surface area (Å²) in [5, 5.41) is 2.94. The lowest BCUT2D eigenvalue weighted by Crippen LogP contribution is -2.69. The number of nitrogens with zero attached hydrogens (tertiary/aromatic N) is 1. The molecular weight excluding hydrogens is 276 g/mol. The van der Waals surface area contributed by atoms with Crippen LogP contribution in [0, 0.1) is 0 Å². The van der Waals surface area contributed by atoms with E-state index in [1.807, 2.05) is 13.8 Å². The Labute approximate surface area is 125 Å². The van der Waals surface area contributed by atoms with Crippen LogP contribution in [0.2, 0.25) is 0 Å². The summed E-state index contributed by atoms with van der Waals surface area (Å²) in [5.41, 5.74) is 1.77. The lowest BCUT2D eigenvalue weighted by molar-refractivity contribution is -0.156. The monoisotopic (exact) mass is 298 g/mol. The van der Waals surface area contributed by atoms with Crippen LogP contribution in [-0.4, -0.2) is 34.8 Å². The van der Waals surface area contributed by atoms with Gasteiger partial charge in [0.05, 0.1) is 0 Å². The standard InChI is InChI=1S/C15H23ClN2O2/c1-3-6-12-13(19)18(10-11(2)9-16)15(14(20)17-12)7-4-5-8-15/h9,12H,3-8,10H2,1-2H3,(H,17,20). The predicted molar refractivity (Wildman–Crippen MR) is 79.4 cm³/mol. The Kier molecular flexibility index (Phi) is 4.74. The number of hydrogen-bond acceptors (Lipinski definition) is 2. The molecule has 20 heavy (non-hydrogen) atoms. The van der Waals surface area contributed by atoms with Crippen molar-refractivity contribution in [1.29, 1.82) is 0 Å². The van der Waals surface area contributed by atoms with E-state index in [2.05, 4.69) is 5.32 Å². The summed E-state index contributed by atoms with van der Waals surface area (Å²) in [5.74, 6) is 0.0710. The highest BCUT2D eigenvalue weighted by Crippen LogP contribution is 2.38. The fraction of sp³-hybridized carbons (Fsp3) is 0.733. The largest absolute Gasteiger partial charge is 0.342 e. The van der Waals surface area contributed by atoms with E-state index in [4.69, 9.17) is 11.6 Å². The quantitative estimate of drug-likeness (QED) is 0.867. The van der Waals surface area contributed by atoms with Gasteiger partial charge in [-0.1, -0.05) is 37.8 Å². The third kappa shape index (κ3) is 2.58. The Morgan fingerprint density at radius 1 is 1.45 bits per heavy atom. The van der Waals surface area contributed by atoms with Gasteiger partial charge in [0.1, 0.15) is 11.6 Å². The van der Waals surface area contributed by atoms with Crippen LogP contribution in [0.1, 0.15) is 52.4 Å². The summed E-state index contributed by atoms with van der Waals surface area (Å²) in [6, 6.07) is -0.373. The van der Waals surface area contributed by atoms with E-state index in [9.17, 15) is 9.59 Å². The van der Waals surface area contributed by atoms with Gasteiger partial charge in [-0.25, -0.2) is 0 Å². The average molecular weight is 299 g/mol. The zero-order valence-corrected chi connectivity index (χ0v) is 13.0. The third-order valence-corrected chi connectivity index (χ3v) is 4.78. The Balaban J connectivity index is 2.31. The van der Waals surface area contributed by atoms with Gasteiger partial charge < -0.3 is 10.2 Å². The Bertz CT molecular complexity index is 428. The van der Waals surface area contributed by atoms with E-state index in [1.165, 1.54) is 5.54 Å². The predicted octanol–water partition coefficient (Wildman–Crippen LogP) is 2.57. The summed E-state index contributed by atoms with van der Waals surface area (Å²) in [6.45, 7) is 4.37. The van der Waals surface area contributed by atoms with Gasteiger partial charge in [-0.05, 0) is 31.8 Å². The maximum atomic E-state index is 12.7. The van der Waals surface area contributed by atoms with Crippen LogP contribution in [0.5, 0.6) is 0 Å². The number of carbonyl (C=O) groups excluding carboxylic acids is 2. The molecule has 2 fully saturated rings. The Morgan fingerprint density at radius 2 is 2.10 bits per heavy atom. The van der Waals surface area contributed by atoms with Crippen molar-refractivity contribution in [2.45, 2.75) is 64.0 Å². The number of carbonyl (C=O) groups is 2. The molecule has 0 aromatic rings. The number of halogens is 1. The molecule has 1 saturated carbocycles. The molecule has 1 unspecified atom stereocenters. The molecule has 0 radical (unpaired) electrons. The summed E-state index contributed by atoms with van der Waals surface area (Å²) >= 11 is 5.75. The zero-order valence-electron chi connectivity index (χ0n) is 12.2. The lowest BCUT2D eigenvalue weighted by Gasteiger charge is -2.46. The molecule has 0 aromatic carbocycles. The zero-order chi connectivity index (χ0) is 14.8. The molecule has 4 nitrogen and oxygen atoms in total. The second-order valence-electron chi connectivity index (χ2n) is 5.93. The smallest absolute Gasteiger partial charge is 0.246 e. The summed E-state index contributed by atoms with van der Waals surface area (Å²) in [4.78, 5) is 27.1. The molecule has 1 spiro atoms. The van der Waals surface area contributed by atoms with Crippen molar-refractivity contribution in [3.63, 3.8) is 0 Å². The maximum absolute atomic E-state index is 12.7. The molecule has 2 amide bonds. The van der Waals surface area contributed by atoms with E-state index >= 15 is 0 Å². The molecule has 1 atom stereocenters. The van der Waals surface area contributed by atoms with Crippen LogP contribution < -0.4 is 5.32 Å². The number of piperazine rings is 1. The van der Waals surface area contributed by atoms with Gasteiger partial charge in [-0.2, -0.15) is 0 Å². The molecule has 1 heterocycles. The van der Waals surface area contributed by atoms with Gasteiger partial charge in [0.25, 0.3) is 0 Å². The molecule has 112 valence electrons. The number of rotatable bonds is 4. The first kappa shape index (κ1) is 15.4. The molecule has 5 heteroatoms. The van der Waals surface area contributed by atoms with E-state index in [-0.39, 0.29) is 17.9 Å². The average Bonchev–Trinajstić information content (AvgIpc) is 2.92. The first-order valence-electron chi connectivity index (χ1n) is 7.43. The van der Waals surface area contributed by atoms with Crippen LogP contribution in [0.15, 0.2) is 11.1 Å². The first-order valence-corrected chi connectivity index (χ1v) is 7.87. The molecule has 0 bridgehead atoms. The summed E-state index contributed by atoms with van der Waals surface area (Å²) in [7, 11) is 0. The summed E-state index contributed by atoms with van der Waals surface area (Å²) < 4.78 is 0. The van der Waals surface area contributed by atoms with Gasteiger partial charge in [-0.15, -0.1) is 0 Å². The van der Waals surface area contributed by atoms with Gasteiger partial charge >= 0.3 is 0 Å². The second-order valence-corrected chi connectivity index (χ2v) is 6.15. The lowest BCUT2D eigenvalue weighted by atomic mass is 9.88. The van der Waals surface area contributed by atoms with E-state index in [0.717, 1.165) is 37.7 Å². The van der Waals surface area contributed by atoms with E-state index < -0.39 is 5.54 Å². The van der Waals surface area contributed by atoms with Crippen LogP contribution in [0.4, 0.5) is 0 Å². The van der Waals surface area contributed by atoms with Gasteiger partial charge in [0.15, 0.2) is 0 Å². The molecule has 1 aliphatic carbocycles. The molecular formula is C15H23ClN2O2. The highest BCUT2D eigenvalue weighted by atomic mass is 35.5. The maximum Gasteiger partial charge on any atom is 0.246 e. The minimum Gasteiger partial charge on any atom is -0.342 e. The minimum atomic E-state index is -0.636. The van der Waals surface area contributed by atoms with Crippen LogP contribution in [0.3, 0.4) is 0 Å². The molecule has 2 rings (SSSR count). The summed E-state index contributed by atoms with van der Waals surface area (Å²) in [6.07, 6.45) is 5.10. The number of hydrogen-bond donors (Lipinski definition) is 1. The topological polar surface area (TPSA) is 49.4 Å². The molecule has 2 aliphatic rings. The normalized spacial score (nSPS) is 26.2. The minimum absolute atomic E-state index is 0.0235. The van der Waals surface area contributed by atoms with Crippen LogP contribution in [-0.2, 0) is 9.59 Å². The number of nitrogens with one attached hydrogen (secondary N) is 1. The van der Waals surface area contributed by atoms with Crippen molar-refractivity contribution < 1.29 is 9.59 Å². The number of amides is 2. The fourth-order valence-corrected chi connectivity index (χ4v) is 3.40. The Morgan fingerprint density at radius 3 is 2.65 bits per heavy atom. The molecule has 0 aromatic heterocycles. The van der Waals surface area contributed by atoms with Gasteiger partial charge in [-0.3, -0.25) is 9.59 Å². The third-order valence-electron chi connectivity index (χ3n) is 4.41. The SMILES string of the molecule is CCCC1NC(=O)C2(CCCC2)N(CC(C)=CCl)C1=O.